The molecular weight excluding hydrogens is 460 g/mol. The van der Waals surface area contributed by atoms with Gasteiger partial charge in [-0.3, -0.25) is 18.7 Å². The van der Waals surface area contributed by atoms with E-state index in [-0.39, 0.29) is 17.2 Å². The molecule has 0 saturated carbocycles. The fourth-order valence-electron chi connectivity index (χ4n) is 2.81. The number of rotatable bonds is 5. The number of benzene rings is 2. The van der Waals surface area contributed by atoms with E-state index >= 15 is 0 Å². The minimum atomic E-state index is -0.199. The molecule has 4 rings (SSSR count). The summed E-state index contributed by atoms with van der Waals surface area (Å²) in [6.07, 6.45) is 0. The largest absolute Gasteiger partial charge is 0.325 e. The van der Waals surface area contributed by atoms with Crippen molar-refractivity contribution in [2.75, 3.05) is 11.1 Å². The Balaban J connectivity index is 1.67. The zero-order valence-corrected chi connectivity index (χ0v) is 18.9. The molecule has 0 aliphatic rings. The van der Waals surface area contributed by atoms with Crippen LogP contribution in [0.2, 0.25) is 5.02 Å². The number of fused-ring (bicyclic) bond motifs is 1. The molecule has 152 valence electrons. The third kappa shape index (κ3) is 4.20. The van der Waals surface area contributed by atoms with Crippen molar-refractivity contribution in [3.05, 3.63) is 73.9 Å². The number of carbonyl (C=O) groups excluding carboxylic acids is 1. The van der Waals surface area contributed by atoms with Gasteiger partial charge in [-0.1, -0.05) is 52.9 Å². The third-order valence-corrected chi connectivity index (χ3v) is 6.88. The van der Waals surface area contributed by atoms with Gasteiger partial charge in [0.2, 0.25) is 5.91 Å². The highest BCUT2D eigenvalue weighted by molar-refractivity contribution is 7.99. The van der Waals surface area contributed by atoms with Crippen molar-refractivity contribution >= 4 is 68.9 Å². The van der Waals surface area contributed by atoms with Crippen molar-refractivity contribution in [1.29, 1.82) is 0 Å². The van der Waals surface area contributed by atoms with Crippen LogP contribution in [-0.4, -0.2) is 25.8 Å². The van der Waals surface area contributed by atoms with E-state index < -0.39 is 0 Å². The van der Waals surface area contributed by atoms with Gasteiger partial charge in [0.15, 0.2) is 14.8 Å². The summed E-state index contributed by atoms with van der Waals surface area (Å²) in [6, 6.07) is 16.4. The Labute approximate surface area is 190 Å². The molecule has 10 heteroatoms. The summed E-state index contributed by atoms with van der Waals surface area (Å²) in [5.74, 6) is -0.0626. The number of para-hydroxylation sites is 1. The second-order valence-electron chi connectivity index (χ2n) is 6.29. The highest BCUT2D eigenvalue weighted by Crippen LogP contribution is 2.26. The maximum absolute atomic E-state index is 12.9. The Hall–Kier alpha value is -2.46. The van der Waals surface area contributed by atoms with Crippen LogP contribution < -0.4 is 10.9 Å². The van der Waals surface area contributed by atoms with Crippen LogP contribution in [0, 0.1) is 3.95 Å². The van der Waals surface area contributed by atoms with Crippen LogP contribution in [-0.2, 0) is 11.8 Å². The standard InChI is InChI=1S/C20H15ClN4O2S3/c1-24-18(27)16-17(25(20(28)30-16)14-9-7-12(21)8-10-14)23-19(24)29-11-15(26)22-13-5-3-2-4-6-13/h2-10H,11H2,1H3,(H,22,26). The van der Waals surface area contributed by atoms with E-state index in [1.807, 2.05) is 42.5 Å². The van der Waals surface area contributed by atoms with Crippen molar-refractivity contribution in [1.82, 2.24) is 14.1 Å². The van der Waals surface area contributed by atoms with Gasteiger partial charge >= 0.3 is 0 Å². The first-order valence-electron chi connectivity index (χ1n) is 8.80. The normalized spacial score (nSPS) is 11.0. The topological polar surface area (TPSA) is 68.9 Å². The summed E-state index contributed by atoms with van der Waals surface area (Å²) in [6.45, 7) is 0. The number of thiazole rings is 1. The first-order chi connectivity index (χ1) is 14.4. The summed E-state index contributed by atoms with van der Waals surface area (Å²) in [5.41, 5.74) is 1.76. The van der Waals surface area contributed by atoms with Gasteiger partial charge < -0.3 is 5.32 Å². The zero-order valence-electron chi connectivity index (χ0n) is 15.7. The van der Waals surface area contributed by atoms with Crippen LogP contribution in [0.15, 0.2) is 64.5 Å². The number of aromatic nitrogens is 3. The Kier molecular flexibility index (Phi) is 6.05. The average Bonchev–Trinajstić information content (AvgIpc) is 3.07. The smallest absolute Gasteiger partial charge is 0.273 e. The van der Waals surface area contributed by atoms with Gasteiger partial charge in [0, 0.05) is 23.4 Å². The van der Waals surface area contributed by atoms with E-state index in [0.29, 0.717) is 24.5 Å². The van der Waals surface area contributed by atoms with Gasteiger partial charge in [-0.15, -0.1) is 0 Å². The molecule has 0 unspecified atom stereocenters. The Bertz CT molecular complexity index is 1340. The molecule has 30 heavy (non-hydrogen) atoms. The van der Waals surface area contributed by atoms with E-state index in [1.165, 1.54) is 27.7 Å². The quantitative estimate of drug-likeness (QED) is 0.253. The molecule has 0 radical (unpaired) electrons. The second kappa shape index (κ2) is 8.73. The van der Waals surface area contributed by atoms with Crippen LogP contribution in [0.3, 0.4) is 0 Å². The molecule has 4 aromatic rings. The second-order valence-corrected chi connectivity index (χ2v) is 9.32. The van der Waals surface area contributed by atoms with Crippen LogP contribution in [0.5, 0.6) is 0 Å². The maximum Gasteiger partial charge on any atom is 0.273 e. The molecule has 2 heterocycles. The Morgan fingerprint density at radius 1 is 1.20 bits per heavy atom. The van der Waals surface area contributed by atoms with Crippen molar-refractivity contribution in [2.24, 2.45) is 7.05 Å². The minimum Gasteiger partial charge on any atom is -0.325 e. The lowest BCUT2D eigenvalue weighted by molar-refractivity contribution is -0.113. The highest BCUT2D eigenvalue weighted by Gasteiger charge is 2.17. The van der Waals surface area contributed by atoms with Crippen LogP contribution in [0.4, 0.5) is 5.69 Å². The lowest BCUT2D eigenvalue weighted by Crippen LogP contribution is -2.21. The number of nitrogens with one attached hydrogen (secondary N) is 1. The molecular formula is C20H15ClN4O2S3. The predicted molar refractivity (Wildman–Crippen MR) is 126 cm³/mol. The molecule has 6 nitrogen and oxygen atoms in total. The molecule has 1 N–H and O–H groups in total. The van der Waals surface area contributed by atoms with E-state index in [2.05, 4.69) is 10.3 Å². The van der Waals surface area contributed by atoms with Gasteiger partial charge in [0.05, 0.1) is 5.75 Å². The molecule has 0 fully saturated rings. The molecule has 0 saturated heterocycles. The van der Waals surface area contributed by atoms with E-state index in [4.69, 9.17) is 23.8 Å². The molecule has 2 aromatic carbocycles. The van der Waals surface area contributed by atoms with Crippen molar-refractivity contribution < 1.29 is 4.79 Å². The SMILES string of the molecule is Cn1c(SCC(=O)Nc2ccccc2)nc2c(sc(=S)n2-c2ccc(Cl)cc2)c1=O. The predicted octanol–water partition coefficient (Wildman–Crippen LogP) is 4.90. The summed E-state index contributed by atoms with van der Waals surface area (Å²) in [5, 5.41) is 3.86. The lowest BCUT2D eigenvalue weighted by Gasteiger charge is -2.09. The van der Waals surface area contributed by atoms with Crippen molar-refractivity contribution in [3.63, 3.8) is 0 Å². The maximum atomic E-state index is 12.9. The number of hydrogen-bond donors (Lipinski definition) is 1. The number of carbonyl (C=O) groups is 1. The Morgan fingerprint density at radius 3 is 2.60 bits per heavy atom. The number of thioether (sulfide) groups is 1. The summed E-state index contributed by atoms with van der Waals surface area (Å²) in [4.78, 5) is 29.8. The van der Waals surface area contributed by atoms with Gasteiger partial charge in [-0.2, -0.15) is 0 Å². The fraction of sp³-hybridized carbons (Fsp3) is 0.100. The van der Waals surface area contributed by atoms with E-state index in [9.17, 15) is 9.59 Å². The average molecular weight is 475 g/mol. The lowest BCUT2D eigenvalue weighted by atomic mass is 10.3. The number of amides is 1. The van der Waals surface area contributed by atoms with Gasteiger partial charge in [-0.25, -0.2) is 4.98 Å². The molecule has 0 bridgehead atoms. The first-order valence-corrected chi connectivity index (χ1v) is 11.4. The summed E-state index contributed by atoms with van der Waals surface area (Å²) in [7, 11) is 1.64. The summed E-state index contributed by atoms with van der Waals surface area (Å²) < 4.78 is 4.18. The van der Waals surface area contributed by atoms with Gasteiger partial charge in [0.25, 0.3) is 5.56 Å². The van der Waals surface area contributed by atoms with Crippen molar-refractivity contribution in [2.45, 2.75) is 5.16 Å². The van der Waals surface area contributed by atoms with Gasteiger partial charge in [0.1, 0.15) is 4.70 Å². The number of hydrogen-bond acceptors (Lipinski definition) is 6. The monoisotopic (exact) mass is 474 g/mol. The Morgan fingerprint density at radius 2 is 1.90 bits per heavy atom. The minimum absolute atomic E-state index is 0.118. The molecule has 0 atom stereocenters. The van der Waals surface area contributed by atoms with Gasteiger partial charge in [-0.05, 0) is 48.6 Å². The van der Waals surface area contributed by atoms with Crippen LogP contribution >= 0.6 is 46.9 Å². The molecule has 0 aliphatic heterocycles. The highest BCUT2D eigenvalue weighted by atomic mass is 35.5. The van der Waals surface area contributed by atoms with Crippen LogP contribution in [0.1, 0.15) is 0 Å². The number of nitrogens with zero attached hydrogens (tertiary/aromatic N) is 3. The number of halogens is 1. The fourth-order valence-corrected chi connectivity index (χ4v) is 5.05. The third-order valence-electron chi connectivity index (χ3n) is 4.25. The summed E-state index contributed by atoms with van der Waals surface area (Å²) >= 11 is 13.9. The molecule has 0 aliphatic carbocycles. The van der Waals surface area contributed by atoms with E-state index in [1.54, 1.807) is 23.7 Å². The first kappa shape index (κ1) is 20.8. The molecule has 1 amide bonds. The molecule has 0 spiro atoms. The number of anilines is 1. The van der Waals surface area contributed by atoms with E-state index in [0.717, 1.165) is 11.4 Å². The van der Waals surface area contributed by atoms with Crippen molar-refractivity contribution in [3.8, 4) is 5.69 Å². The molecule has 2 aromatic heterocycles. The zero-order chi connectivity index (χ0) is 21.3. The van der Waals surface area contributed by atoms with Crippen LogP contribution in [0.25, 0.3) is 16.0 Å².